The van der Waals surface area contributed by atoms with Gasteiger partial charge in [0.05, 0.1) is 6.04 Å². The van der Waals surface area contributed by atoms with Gasteiger partial charge in [-0.15, -0.1) is 0 Å². The van der Waals surface area contributed by atoms with E-state index in [0.717, 1.165) is 25.8 Å². The molecule has 2 rings (SSSR count). The maximum atomic E-state index is 10.7. The highest BCUT2D eigenvalue weighted by molar-refractivity contribution is 5.88. The van der Waals surface area contributed by atoms with Crippen LogP contribution in [0.15, 0.2) is 4.52 Å². The van der Waals surface area contributed by atoms with E-state index in [1.807, 2.05) is 0 Å². The third kappa shape index (κ3) is 1.74. The molecule has 6 nitrogen and oxygen atoms in total. The van der Waals surface area contributed by atoms with Crippen LogP contribution in [0.25, 0.3) is 0 Å². The fourth-order valence-corrected chi connectivity index (χ4v) is 1.54. The molecular weight excluding hydrogens is 184 g/mol. The lowest BCUT2D eigenvalue weighted by Crippen LogP contribution is -2.27. The van der Waals surface area contributed by atoms with E-state index in [9.17, 15) is 4.79 Å². The molecule has 0 radical (unpaired) electrons. The van der Waals surface area contributed by atoms with E-state index in [0.29, 0.717) is 5.89 Å². The summed E-state index contributed by atoms with van der Waals surface area (Å²) in [5, 5.41) is 6.73. The molecule has 3 N–H and O–H groups in total. The maximum Gasteiger partial charge on any atom is 0.290 e. The van der Waals surface area contributed by atoms with Gasteiger partial charge >= 0.3 is 0 Å². The number of carbonyl (C=O) groups excluding carboxylic acids is 1. The molecule has 14 heavy (non-hydrogen) atoms. The molecule has 0 unspecified atom stereocenters. The first-order valence-corrected chi connectivity index (χ1v) is 4.64. The van der Waals surface area contributed by atoms with Crippen molar-refractivity contribution in [2.45, 2.75) is 25.3 Å². The molecule has 2 heterocycles. The van der Waals surface area contributed by atoms with E-state index >= 15 is 0 Å². The molecule has 1 aromatic heterocycles. The summed E-state index contributed by atoms with van der Waals surface area (Å²) in [6.45, 7) is 0.943. The summed E-state index contributed by atoms with van der Waals surface area (Å²) in [4.78, 5) is 14.6. The molecule has 0 aromatic carbocycles. The molecule has 0 saturated carbocycles. The monoisotopic (exact) mass is 196 g/mol. The van der Waals surface area contributed by atoms with Crippen molar-refractivity contribution in [3.05, 3.63) is 11.7 Å². The van der Waals surface area contributed by atoms with E-state index in [-0.39, 0.29) is 11.9 Å². The van der Waals surface area contributed by atoms with E-state index in [2.05, 4.69) is 15.5 Å². The molecule has 1 amide bonds. The fraction of sp³-hybridized carbons (Fsp3) is 0.625. The zero-order chi connectivity index (χ0) is 9.97. The van der Waals surface area contributed by atoms with Gasteiger partial charge in [0, 0.05) is 0 Å². The van der Waals surface area contributed by atoms with Crippen LogP contribution in [0.2, 0.25) is 0 Å². The molecule has 0 bridgehead atoms. The molecule has 1 aliphatic heterocycles. The number of nitrogens with one attached hydrogen (secondary N) is 1. The van der Waals surface area contributed by atoms with Crippen molar-refractivity contribution >= 4 is 5.91 Å². The summed E-state index contributed by atoms with van der Waals surface area (Å²) < 4.78 is 4.94. The second-order valence-electron chi connectivity index (χ2n) is 3.32. The fourth-order valence-electron chi connectivity index (χ4n) is 1.54. The average molecular weight is 196 g/mol. The molecule has 0 spiro atoms. The maximum absolute atomic E-state index is 10.7. The number of nitrogens with two attached hydrogens (primary N) is 1. The zero-order valence-corrected chi connectivity index (χ0v) is 7.69. The Labute approximate surface area is 80.9 Å². The molecule has 76 valence electrons. The van der Waals surface area contributed by atoms with Crippen LogP contribution in [0.5, 0.6) is 0 Å². The van der Waals surface area contributed by atoms with E-state index in [4.69, 9.17) is 10.3 Å². The van der Waals surface area contributed by atoms with Gasteiger partial charge in [0.1, 0.15) is 0 Å². The van der Waals surface area contributed by atoms with Gasteiger partial charge in [0.15, 0.2) is 0 Å². The quantitative estimate of drug-likeness (QED) is 0.693. The Kier molecular flexibility index (Phi) is 2.45. The number of aromatic nitrogens is 2. The molecule has 1 saturated heterocycles. The van der Waals surface area contributed by atoms with Gasteiger partial charge < -0.3 is 15.6 Å². The largest absolute Gasteiger partial charge is 0.363 e. The van der Waals surface area contributed by atoms with Crippen molar-refractivity contribution in [1.82, 2.24) is 15.5 Å². The summed E-state index contributed by atoms with van der Waals surface area (Å²) in [6, 6.07) is 0.0735. The molecule has 6 heteroatoms. The van der Waals surface area contributed by atoms with Gasteiger partial charge in [-0.2, -0.15) is 4.98 Å². The van der Waals surface area contributed by atoms with Crippen molar-refractivity contribution in [3.63, 3.8) is 0 Å². The number of hydrogen-bond acceptors (Lipinski definition) is 5. The van der Waals surface area contributed by atoms with E-state index < -0.39 is 5.91 Å². The van der Waals surface area contributed by atoms with E-state index in [1.54, 1.807) is 0 Å². The molecular formula is C8H12N4O2. The average Bonchev–Trinajstić information content (AvgIpc) is 2.68. The van der Waals surface area contributed by atoms with Gasteiger partial charge in [-0.1, -0.05) is 11.6 Å². The zero-order valence-electron chi connectivity index (χ0n) is 7.69. The summed E-state index contributed by atoms with van der Waals surface area (Å²) >= 11 is 0. The number of primary amides is 1. The Morgan fingerprint density at radius 1 is 1.57 bits per heavy atom. The normalized spacial score (nSPS) is 22.1. The Bertz CT molecular complexity index is 330. The minimum Gasteiger partial charge on any atom is -0.363 e. The van der Waals surface area contributed by atoms with Crippen LogP contribution in [0, 0.1) is 0 Å². The minimum atomic E-state index is -0.657. The predicted molar refractivity (Wildman–Crippen MR) is 47.4 cm³/mol. The first kappa shape index (κ1) is 9.14. The second kappa shape index (κ2) is 3.75. The third-order valence-corrected chi connectivity index (χ3v) is 2.27. The number of rotatable bonds is 2. The lowest BCUT2D eigenvalue weighted by molar-refractivity contribution is 0.0987. The molecule has 1 fully saturated rings. The Morgan fingerprint density at radius 3 is 3.00 bits per heavy atom. The van der Waals surface area contributed by atoms with Crippen molar-refractivity contribution in [3.8, 4) is 0 Å². The summed E-state index contributed by atoms with van der Waals surface area (Å²) in [6.07, 6.45) is 3.25. The van der Waals surface area contributed by atoms with Crippen molar-refractivity contribution in [2.75, 3.05) is 6.54 Å². The van der Waals surface area contributed by atoms with Crippen LogP contribution < -0.4 is 11.1 Å². The first-order valence-electron chi connectivity index (χ1n) is 4.64. The topological polar surface area (TPSA) is 94.0 Å². The summed E-state index contributed by atoms with van der Waals surface area (Å²) in [5.41, 5.74) is 5.01. The Morgan fingerprint density at radius 2 is 2.43 bits per heavy atom. The van der Waals surface area contributed by atoms with Gasteiger partial charge in [0.2, 0.25) is 5.89 Å². The molecule has 1 aliphatic rings. The van der Waals surface area contributed by atoms with Crippen molar-refractivity contribution < 1.29 is 9.32 Å². The van der Waals surface area contributed by atoms with Crippen LogP contribution >= 0.6 is 0 Å². The van der Waals surface area contributed by atoms with Crippen LogP contribution in [0.4, 0.5) is 0 Å². The number of carbonyl (C=O) groups is 1. The highest BCUT2D eigenvalue weighted by Crippen LogP contribution is 2.20. The number of hydrogen-bond donors (Lipinski definition) is 2. The van der Waals surface area contributed by atoms with Crippen LogP contribution in [0.1, 0.15) is 41.8 Å². The smallest absolute Gasteiger partial charge is 0.290 e. The Hall–Kier alpha value is -1.43. The lowest BCUT2D eigenvalue weighted by atomic mass is 10.1. The van der Waals surface area contributed by atoms with Crippen molar-refractivity contribution in [2.24, 2.45) is 5.73 Å². The van der Waals surface area contributed by atoms with Crippen LogP contribution in [0.3, 0.4) is 0 Å². The molecule has 1 atom stereocenters. The highest BCUT2D eigenvalue weighted by Gasteiger charge is 2.21. The second-order valence-corrected chi connectivity index (χ2v) is 3.32. The van der Waals surface area contributed by atoms with Crippen LogP contribution in [-0.4, -0.2) is 22.6 Å². The summed E-state index contributed by atoms with van der Waals surface area (Å²) in [5.74, 6) is -0.248. The number of amides is 1. The van der Waals surface area contributed by atoms with Gasteiger partial charge in [-0.05, 0) is 19.4 Å². The number of piperidine rings is 1. The van der Waals surface area contributed by atoms with Gasteiger partial charge in [-0.3, -0.25) is 4.79 Å². The van der Waals surface area contributed by atoms with Gasteiger partial charge in [-0.25, -0.2) is 0 Å². The lowest BCUT2D eigenvalue weighted by Gasteiger charge is -2.19. The SMILES string of the molecule is NC(=O)c1noc([C@H]2CCCCN2)n1. The van der Waals surface area contributed by atoms with Gasteiger partial charge in [0.25, 0.3) is 11.7 Å². The predicted octanol–water partition coefficient (Wildman–Crippen LogP) is -0.0169. The third-order valence-electron chi connectivity index (χ3n) is 2.27. The minimum absolute atomic E-state index is 0.0487. The summed E-state index contributed by atoms with van der Waals surface area (Å²) in [7, 11) is 0. The highest BCUT2D eigenvalue weighted by atomic mass is 16.5. The standard InChI is InChI=1S/C8H12N4O2/c9-6(13)7-11-8(14-12-7)5-3-1-2-4-10-5/h5,10H,1-4H2,(H2,9,13)/t5-/m1/s1. The number of nitrogens with zero attached hydrogens (tertiary/aromatic N) is 2. The molecule has 0 aliphatic carbocycles. The van der Waals surface area contributed by atoms with Crippen LogP contribution in [-0.2, 0) is 0 Å². The molecule has 1 aromatic rings. The van der Waals surface area contributed by atoms with E-state index in [1.165, 1.54) is 0 Å². The Balaban J connectivity index is 2.11. The van der Waals surface area contributed by atoms with Crippen molar-refractivity contribution in [1.29, 1.82) is 0 Å². The first-order chi connectivity index (χ1) is 6.77.